The Labute approximate surface area is 148 Å². The van der Waals surface area contributed by atoms with E-state index in [1.807, 2.05) is 13.8 Å². The van der Waals surface area contributed by atoms with Crippen LogP contribution >= 0.6 is 0 Å². The number of carbonyl (C=O) groups excluding carboxylic acids is 2. The van der Waals surface area contributed by atoms with Crippen LogP contribution in [0.5, 0.6) is 0 Å². The first-order chi connectivity index (χ1) is 11.3. The maximum atomic E-state index is 12.9. The van der Waals surface area contributed by atoms with Gasteiger partial charge in [-0.3, -0.25) is 9.59 Å². The second-order valence-corrected chi connectivity index (χ2v) is 8.15. The molecule has 1 aliphatic heterocycles. The van der Waals surface area contributed by atoms with Gasteiger partial charge < -0.3 is 4.74 Å². The van der Waals surface area contributed by atoms with Crippen molar-refractivity contribution in [1.29, 1.82) is 0 Å². The predicted molar refractivity (Wildman–Crippen MR) is 98.8 cm³/mol. The molecule has 2 unspecified atom stereocenters. The number of ketones is 1. The number of Topliss-reactive ketones (excluding diaryl/α,β-unsaturated/α-hetero) is 1. The molecule has 138 valence electrons. The summed E-state index contributed by atoms with van der Waals surface area (Å²) in [5.41, 5.74) is 0.919. The number of carbonyl (C=O) groups is 2. The topological polar surface area (TPSA) is 43.4 Å². The van der Waals surface area contributed by atoms with Gasteiger partial charge in [0, 0.05) is 17.8 Å². The number of hydrogen-bond donors (Lipinski definition) is 0. The Bertz CT molecular complexity index is 448. The van der Waals surface area contributed by atoms with Crippen molar-refractivity contribution in [2.45, 2.75) is 86.0 Å². The number of esters is 1. The van der Waals surface area contributed by atoms with Crippen LogP contribution in [0.3, 0.4) is 0 Å². The van der Waals surface area contributed by atoms with E-state index >= 15 is 0 Å². The Morgan fingerprint density at radius 3 is 2.62 bits per heavy atom. The molecule has 0 spiro atoms. The van der Waals surface area contributed by atoms with Crippen LogP contribution in [0.15, 0.2) is 11.6 Å². The van der Waals surface area contributed by atoms with Crippen molar-refractivity contribution in [3.8, 4) is 0 Å². The lowest BCUT2D eigenvalue weighted by Gasteiger charge is -2.29. The second kappa shape index (κ2) is 10.0. The van der Waals surface area contributed by atoms with Gasteiger partial charge in [0.05, 0.1) is 6.61 Å². The van der Waals surface area contributed by atoms with Gasteiger partial charge in [-0.25, -0.2) is 0 Å². The van der Waals surface area contributed by atoms with E-state index in [2.05, 4.69) is 26.8 Å². The predicted octanol–water partition coefficient (Wildman–Crippen LogP) is 5.48. The Morgan fingerprint density at radius 2 is 1.96 bits per heavy atom. The Hall–Kier alpha value is -1.12. The highest BCUT2D eigenvalue weighted by molar-refractivity contribution is 5.86. The van der Waals surface area contributed by atoms with E-state index in [1.54, 1.807) is 0 Å². The second-order valence-electron chi connectivity index (χ2n) is 8.15. The molecule has 0 amide bonds. The van der Waals surface area contributed by atoms with Crippen molar-refractivity contribution in [3.63, 3.8) is 0 Å². The molecule has 1 heterocycles. The van der Waals surface area contributed by atoms with Gasteiger partial charge >= 0.3 is 5.97 Å². The van der Waals surface area contributed by atoms with Gasteiger partial charge in [0.2, 0.25) is 0 Å². The largest absolute Gasteiger partial charge is 0.465 e. The molecule has 0 saturated carbocycles. The molecule has 24 heavy (non-hydrogen) atoms. The van der Waals surface area contributed by atoms with E-state index in [9.17, 15) is 9.59 Å². The summed E-state index contributed by atoms with van der Waals surface area (Å²) in [6.07, 6.45) is 9.15. The van der Waals surface area contributed by atoms with E-state index in [0.717, 1.165) is 32.1 Å². The highest BCUT2D eigenvalue weighted by atomic mass is 16.5. The molecular weight excluding hydrogens is 300 g/mol. The van der Waals surface area contributed by atoms with Crippen LogP contribution in [0.2, 0.25) is 0 Å². The normalized spacial score (nSPS) is 28.1. The van der Waals surface area contributed by atoms with Gasteiger partial charge in [-0.15, -0.1) is 0 Å². The van der Waals surface area contributed by atoms with Crippen molar-refractivity contribution in [2.24, 2.45) is 17.3 Å². The molecule has 0 N–H and O–H groups in total. The molecule has 3 nitrogen and oxygen atoms in total. The number of ether oxygens (including phenoxy) is 1. The molecule has 0 aromatic carbocycles. The minimum Gasteiger partial charge on any atom is -0.465 e. The van der Waals surface area contributed by atoms with Crippen molar-refractivity contribution in [2.75, 3.05) is 6.61 Å². The van der Waals surface area contributed by atoms with Crippen LogP contribution in [-0.2, 0) is 14.3 Å². The SMILES string of the molecule is CCC1CC(C)CCCC(C)=CCCOC(=O)CCC(C)(C)C1=O. The Morgan fingerprint density at radius 1 is 1.25 bits per heavy atom. The van der Waals surface area contributed by atoms with E-state index in [4.69, 9.17) is 4.74 Å². The van der Waals surface area contributed by atoms with Crippen LogP contribution in [-0.4, -0.2) is 18.4 Å². The molecule has 0 aromatic heterocycles. The first-order valence-electron chi connectivity index (χ1n) is 9.61. The lowest BCUT2D eigenvalue weighted by atomic mass is 9.74. The molecule has 0 bridgehead atoms. The number of rotatable bonds is 1. The summed E-state index contributed by atoms with van der Waals surface area (Å²) < 4.78 is 5.30. The maximum Gasteiger partial charge on any atom is 0.305 e. The average molecular weight is 337 g/mol. The molecule has 1 rings (SSSR count). The fourth-order valence-electron chi connectivity index (χ4n) is 3.53. The van der Waals surface area contributed by atoms with Gasteiger partial charge in [0.25, 0.3) is 0 Å². The van der Waals surface area contributed by atoms with Crippen LogP contribution in [0.25, 0.3) is 0 Å². The fraction of sp³-hybridized carbons (Fsp3) is 0.810. The summed E-state index contributed by atoms with van der Waals surface area (Å²) in [6, 6.07) is 0. The zero-order chi connectivity index (χ0) is 18.2. The highest BCUT2D eigenvalue weighted by Crippen LogP contribution is 2.32. The molecule has 2 atom stereocenters. The third-order valence-electron chi connectivity index (χ3n) is 5.31. The van der Waals surface area contributed by atoms with Gasteiger partial charge in [0.15, 0.2) is 0 Å². The van der Waals surface area contributed by atoms with Crippen molar-refractivity contribution in [1.82, 2.24) is 0 Å². The number of allylic oxidation sites excluding steroid dienone is 1. The summed E-state index contributed by atoms with van der Waals surface area (Å²) in [6.45, 7) is 10.9. The van der Waals surface area contributed by atoms with Crippen molar-refractivity contribution < 1.29 is 14.3 Å². The lowest BCUT2D eigenvalue weighted by Crippen LogP contribution is -2.32. The third kappa shape index (κ3) is 7.19. The van der Waals surface area contributed by atoms with Crippen molar-refractivity contribution in [3.05, 3.63) is 11.6 Å². The summed E-state index contributed by atoms with van der Waals surface area (Å²) in [7, 11) is 0. The Balaban J connectivity index is 2.82. The van der Waals surface area contributed by atoms with Crippen LogP contribution in [0, 0.1) is 17.3 Å². The van der Waals surface area contributed by atoms with E-state index in [-0.39, 0.29) is 11.9 Å². The lowest BCUT2D eigenvalue weighted by molar-refractivity contribution is -0.144. The minimum atomic E-state index is -0.451. The summed E-state index contributed by atoms with van der Waals surface area (Å²) in [4.78, 5) is 24.8. The van der Waals surface area contributed by atoms with Gasteiger partial charge in [-0.1, -0.05) is 45.8 Å². The van der Waals surface area contributed by atoms with Crippen LogP contribution in [0.1, 0.15) is 86.0 Å². The molecule has 0 aromatic rings. The number of hydrogen-bond acceptors (Lipinski definition) is 3. The van der Waals surface area contributed by atoms with E-state index in [0.29, 0.717) is 31.1 Å². The van der Waals surface area contributed by atoms with Gasteiger partial charge in [-0.2, -0.15) is 0 Å². The highest BCUT2D eigenvalue weighted by Gasteiger charge is 2.33. The zero-order valence-corrected chi connectivity index (χ0v) is 16.3. The molecule has 0 fully saturated rings. The zero-order valence-electron chi connectivity index (χ0n) is 16.3. The average Bonchev–Trinajstić information content (AvgIpc) is 2.53. The summed E-state index contributed by atoms with van der Waals surface area (Å²) in [5, 5.41) is 0. The van der Waals surface area contributed by atoms with Crippen LogP contribution < -0.4 is 0 Å². The standard InChI is InChI=1S/C21H36O3/c1-6-18-15-17(3)10-7-9-16(2)11-8-14-24-19(22)12-13-21(4,5)20(18)23/h11,17-18H,6-10,12-15H2,1-5H3. The van der Waals surface area contributed by atoms with E-state index < -0.39 is 5.41 Å². The smallest absolute Gasteiger partial charge is 0.305 e. The first kappa shape index (κ1) is 20.9. The monoisotopic (exact) mass is 336 g/mol. The molecular formula is C21H36O3. The Kier molecular flexibility index (Phi) is 8.72. The molecule has 0 radical (unpaired) electrons. The quantitative estimate of drug-likeness (QED) is 0.470. The molecule has 1 aliphatic rings. The van der Waals surface area contributed by atoms with Crippen LogP contribution in [0.4, 0.5) is 0 Å². The first-order valence-corrected chi connectivity index (χ1v) is 9.61. The minimum absolute atomic E-state index is 0.107. The molecule has 3 heteroatoms. The van der Waals surface area contributed by atoms with Gasteiger partial charge in [0.1, 0.15) is 5.78 Å². The van der Waals surface area contributed by atoms with E-state index in [1.165, 1.54) is 12.0 Å². The third-order valence-corrected chi connectivity index (χ3v) is 5.31. The maximum absolute atomic E-state index is 12.9. The molecule has 0 saturated heterocycles. The number of cyclic esters (lactones) is 1. The van der Waals surface area contributed by atoms with Crippen molar-refractivity contribution >= 4 is 11.8 Å². The summed E-state index contributed by atoms with van der Waals surface area (Å²) in [5.74, 6) is 0.805. The van der Waals surface area contributed by atoms with Gasteiger partial charge in [-0.05, 0) is 51.4 Å². The fourth-order valence-corrected chi connectivity index (χ4v) is 3.53. The molecule has 0 aliphatic carbocycles. The summed E-state index contributed by atoms with van der Waals surface area (Å²) >= 11 is 0.